The van der Waals surface area contributed by atoms with E-state index >= 15 is 0 Å². The largest absolute Gasteiger partial charge is 0.493 e. The lowest BCUT2D eigenvalue weighted by molar-refractivity contribution is 0.317. The molecule has 0 radical (unpaired) electrons. The number of halogens is 1. The molecule has 3 N–H and O–H groups in total. The molecule has 0 saturated carbocycles. The minimum absolute atomic E-state index is 0.0585. The van der Waals surface area contributed by atoms with Crippen LogP contribution in [-0.2, 0) is 9.84 Å². The maximum Gasteiger partial charge on any atom is 0.147 e. The van der Waals surface area contributed by atoms with Crippen molar-refractivity contribution in [2.75, 3.05) is 18.6 Å². The van der Waals surface area contributed by atoms with Crippen molar-refractivity contribution in [1.82, 2.24) is 0 Å². The first-order chi connectivity index (χ1) is 8.31. The average molecular weight is 291 g/mol. The van der Waals surface area contributed by atoms with Gasteiger partial charge in [0.05, 0.1) is 22.9 Å². The predicted octanol–water partition coefficient (Wildman–Crippen LogP) is 1.44. The standard InChI is InChI=1S/C11H15ClN2O3S/c1-18(15,16)7-3-6-17-9-5-2-4-8(12)10(9)11(13)14/h2,4-5H,3,6-7H2,1H3,(H3,13,14). The number of rotatable bonds is 6. The van der Waals surface area contributed by atoms with Gasteiger partial charge in [-0.05, 0) is 18.6 Å². The number of hydrogen-bond acceptors (Lipinski definition) is 4. The zero-order valence-electron chi connectivity index (χ0n) is 9.94. The molecular formula is C11H15ClN2O3S. The van der Waals surface area contributed by atoms with Gasteiger partial charge < -0.3 is 10.5 Å². The number of hydrogen-bond donors (Lipinski definition) is 2. The van der Waals surface area contributed by atoms with Gasteiger partial charge >= 0.3 is 0 Å². The maximum absolute atomic E-state index is 10.9. The highest BCUT2D eigenvalue weighted by Crippen LogP contribution is 2.25. The Morgan fingerprint density at radius 3 is 2.72 bits per heavy atom. The molecule has 0 unspecified atom stereocenters. The van der Waals surface area contributed by atoms with E-state index in [2.05, 4.69) is 0 Å². The minimum atomic E-state index is -2.99. The zero-order chi connectivity index (χ0) is 13.8. The number of amidine groups is 1. The molecule has 0 saturated heterocycles. The van der Waals surface area contributed by atoms with E-state index in [-0.39, 0.29) is 18.2 Å². The van der Waals surface area contributed by atoms with Crippen LogP contribution in [0, 0.1) is 5.41 Å². The van der Waals surface area contributed by atoms with E-state index in [9.17, 15) is 8.42 Å². The molecule has 1 aromatic rings. The van der Waals surface area contributed by atoms with Gasteiger partial charge in [-0.3, -0.25) is 5.41 Å². The molecule has 0 aromatic heterocycles. The van der Waals surface area contributed by atoms with Gasteiger partial charge in [-0.2, -0.15) is 0 Å². The van der Waals surface area contributed by atoms with Crippen molar-refractivity contribution in [1.29, 1.82) is 5.41 Å². The van der Waals surface area contributed by atoms with E-state index in [4.69, 9.17) is 27.5 Å². The molecule has 18 heavy (non-hydrogen) atoms. The molecule has 0 aliphatic heterocycles. The molecule has 1 aromatic carbocycles. The second kappa shape index (κ2) is 6.06. The Morgan fingerprint density at radius 1 is 1.50 bits per heavy atom. The van der Waals surface area contributed by atoms with Gasteiger partial charge in [0.15, 0.2) is 0 Å². The Balaban J connectivity index is 2.68. The van der Waals surface area contributed by atoms with Crippen molar-refractivity contribution in [3.05, 3.63) is 28.8 Å². The van der Waals surface area contributed by atoms with E-state index in [1.807, 2.05) is 0 Å². The van der Waals surface area contributed by atoms with Crippen LogP contribution >= 0.6 is 11.6 Å². The molecule has 0 amide bonds. The molecule has 0 aliphatic carbocycles. The first-order valence-corrected chi connectivity index (χ1v) is 7.68. The topological polar surface area (TPSA) is 93.2 Å². The smallest absolute Gasteiger partial charge is 0.147 e. The van der Waals surface area contributed by atoms with Gasteiger partial charge in [0.1, 0.15) is 21.4 Å². The van der Waals surface area contributed by atoms with Gasteiger partial charge in [-0.1, -0.05) is 17.7 Å². The maximum atomic E-state index is 10.9. The number of nitrogens with one attached hydrogen (secondary N) is 1. The summed E-state index contributed by atoms with van der Waals surface area (Å²) in [7, 11) is -2.99. The molecule has 0 bridgehead atoms. The van der Waals surface area contributed by atoms with Crippen LogP contribution in [0.5, 0.6) is 5.75 Å². The highest BCUT2D eigenvalue weighted by atomic mass is 35.5. The van der Waals surface area contributed by atoms with Crippen molar-refractivity contribution < 1.29 is 13.2 Å². The highest BCUT2D eigenvalue weighted by Gasteiger charge is 2.11. The van der Waals surface area contributed by atoms with Crippen LogP contribution in [0.2, 0.25) is 5.02 Å². The van der Waals surface area contributed by atoms with E-state index in [0.717, 1.165) is 0 Å². The van der Waals surface area contributed by atoms with Crippen molar-refractivity contribution in [3.8, 4) is 5.75 Å². The van der Waals surface area contributed by atoms with Crippen LogP contribution in [0.3, 0.4) is 0 Å². The summed E-state index contributed by atoms with van der Waals surface area (Å²) in [6.07, 6.45) is 1.55. The highest BCUT2D eigenvalue weighted by molar-refractivity contribution is 7.90. The molecule has 5 nitrogen and oxygen atoms in total. The Kier molecular flexibility index (Phi) is 4.98. The van der Waals surface area contributed by atoms with Gasteiger partial charge in [0, 0.05) is 6.26 Å². The second-order valence-corrected chi connectivity index (χ2v) is 6.53. The lowest BCUT2D eigenvalue weighted by atomic mass is 10.2. The van der Waals surface area contributed by atoms with E-state index in [0.29, 0.717) is 22.8 Å². The van der Waals surface area contributed by atoms with Crippen molar-refractivity contribution in [3.63, 3.8) is 0 Å². The average Bonchev–Trinajstić information content (AvgIpc) is 2.22. The fourth-order valence-corrected chi connectivity index (χ4v) is 2.30. The van der Waals surface area contributed by atoms with Crippen molar-refractivity contribution in [2.45, 2.75) is 6.42 Å². The summed E-state index contributed by atoms with van der Waals surface area (Å²) in [5.74, 6) is 0.269. The lowest BCUT2D eigenvalue weighted by Crippen LogP contribution is -2.15. The summed E-state index contributed by atoms with van der Waals surface area (Å²) in [6, 6.07) is 4.94. The lowest BCUT2D eigenvalue weighted by Gasteiger charge is -2.11. The SMILES string of the molecule is CS(=O)(=O)CCCOc1cccc(Cl)c1C(=N)N. The number of nitrogens with two attached hydrogens (primary N) is 1. The van der Waals surface area contributed by atoms with Gasteiger partial charge in [-0.25, -0.2) is 8.42 Å². The van der Waals surface area contributed by atoms with Crippen LogP contribution in [-0.4, -0.2) is 32.9 Å². The summed E-state index contributed by atoms with van der Waals surface area (Å²) < 4.78 is 27.3. The summed E-state index contributed by atoms with van der Waals surface area (Å²) in [6.45, 7) is 0.230. The van der Waals surface area contributed by atoms with E-state index in [1.165, 1.54) is 6.26 Å². The molecule has 1 rings (SSSR count). The summed E-state index contributed by atoms with van der Waals surface area (Å²) in [5, 5.41) is 7.75. The molecule has 100 valence electrons. The summed E-state index contributed by atoms with van der Waals surface area (Å²) >= 11 is 5.91. The second-order valence-electron chi connectivity index (χ2n) is 3.86. The normalized spacial score (nSPS) is 11.2. The third-order valence-electron chi connectivity index (χ3n) is 2.16. The number of benzene rings is 1. The Morgan fingerprint density at radius 2 is 2.17 bits per heavy atom. The molecule has 0 fully saturated rings. The fourth-order valence-electron chi connectivity index (χ4n) is 1.39. The van der Waals surface area contributed by atoms with Gasteiger partial charge in [-0.15, -0.1) is 0 Å². The fraction of sp³-hybridized carbons (Fsp3) is 0.364. The molecule has 0 aliphatic rings. The van der Waals surface area contributed by atoms with E-state index in [1.54, 1.807) is 18.2 Å². The predicted molar refractivity (Wildman–Crippen MR) is 72.3 cm³/mol. The van der Waals surface area contributed by atoms with Crippen LogP contribution < -0.4 is 10.5 Å². The Labute approximate surface area is 111 Å². The Bertz CT molecular complexity index is 543. The molecule has 0 heterocycles. The number of ether oxygens (including phenoxy) is 1. The summed E-state index contributed by atoms with van der Waals surface area (Å²) in [4.78, 5) is 0. The summed E-state index contributed by atoms with van der Waals surface area (Å²) in [5.41, 5.74) is 5.74. The van der Waals surface area contributed by atoms with Crippen LogP contribution in [0.25, 0.3) is 0 Å². The number of sulfone groups is 1. The third-order valence-corrected chi connectivity index (χ3v) is 3.51. The van der Waals surface area contributed by atoms with Crippen LogP contribution in [0.15, 0.2) is 18.2 Å². The monoisotopic (exact) mass is 290 g/mol. The first-order valence-electron chi connectivity index (χ1n) is 5.24. The van der Waals surface area contributed by atoms with Crippen LogP contribution in [0.1, 0.15) is 12.0 Å². The molecular weight excluding hydrogens is 276 g/mol. The Hall–Kier alpha value is -1.27. The minimum Gasteiger partial charge on any atom is -0.493 e. The van der Waals surface area contributed by atoms with Crippen molar-refractivity contribution >= 4 is 27.3 Å². The first kappa shape index (κ1) is 14.8. The zero-order valence-corrected chi connectivity index (χ0v) is 11.5. The van der Waals surface area contributed by atoms with Crippen molar-refractivity contribution in [2.24, 2.45) is 5.73 Å². The van der Waals surface area contributed by atoms with Gasteiger partial charge in [0.2, 0.25) is 0 Å². The number of nitrogen functional groups attached to an aromatic ring is 1. The van der Waals surface area contributed by atoms with E-state index < -0.39 is 9.84 Å². The van der Waals surface area contributed by atoms with Crippen LogP contribution in [0.4, 0.5) is 0 Å². The van der Waals surface area contributed by atoms with Gasteiger partial charge in [0.25, 0.3) is 0 Å². The molecule has 7 heteroatoms. The molecule has 0 spiro atoms. The quantitative estimate of drug-likeness (QED) is 0.471. The third kappa shape index (κ3) is 4.54. The molecule has 0 atom stereocenters.